The lowest BCUT2D eigenvalue weighted by atomic mass is 10.1. The van der Waals surface area contributed by atoms with Crippen molar-refractivity contribution in [1.29, 1.82) is 0 Å². The third kappa shape index (κ3) is 4.20. The van der Waals surface area contributed by atoms with Crippen LogP contribution in [0.5, 0.6) is 0 Å². The van der Waals surface area contributed by atoms with Gasteiger partial charge < -0.3 is 10.2 Å². The number of nitrogens with zero attached hydrogens (tertiary/aromatic N) is 1. The van der Waals surface area contributed by atoms with Crippen LogP contribution in [0, 0.1) is 12.8 Å². The second-order valence-electron chi connectivity index (χ2n) is 6.37. The average Bonchev–Trinajstić information content (AvgIpc) is 2.98. The SMILES string of the molecule is Cc1ccc(NC(=O)C2CC(=O)N(c3ccccc3Br)C2)cc1S(N)(=O)=O. The van der Waals surface area contributed by atoms with E-state index in [4.69, 9.17) is 5.14 Å². The van der Waals surface area contributed by atoms with Crippen molar-refractivity contribution in [2.75, 3.05) is 16.8 Å². The number of carbonyl (C=O) groups is 2. The van der Waals surface area contributed by atoms with Gasteiger partial charge in [0.25, 0.3) is 0 Å². The van der Waals surface area contributed by atoms with E-state index in [-0.39, 0.29) is 29.7 Å². The minimum absolute atomic E-state index is 0.0439. The lowest BCUT2D eigenvalue weighted by molar-refractivity contribution is -0.122. The molecule has 1 unspecified atom stereocenters. The molecule has 1 heterocycles. The molecule has 2 amide bonds. The largest absolute Gasteiger partial charge is 0.326 e. The number of benzene rings is 2. The fraction of sp³-hybridized carbons (Fsp3) is 0.222. The van der Waals surface area contributed by atoms with Crippen LogP contribution < -0.4 is 15.4 Å². The second kappa shape index (κ2) is 7.41. The number of amides is 2. The van der Waals surface area contributed by atoms with Gasteiger partial charge in [0, 0.05) is 23.1 Å². The van der Waals surface area contributed by atoms with E-state index in [1.54, 1.807) is 30.0 Å². The lowest BCUT2D eigenvalue weighted by Gasteiger charge is -2.18. The molecule has 1 fully saturated rings. The standard InChI is InChI=1S/C18H18BrN3O4S/c1-11-6-7-13(9-16(11)27(20,25)26)21-18(24)12-8-17(23)22(10-12)15-5-3-2-4-14(15)19/h2-7,9,12H,8,10H2,1H3,(H,21,24)(H2,20,25,26). The Hall–Kier alpha value is -2.23. The maximum Gasteiger partial charge on any atom is 0.238 e. The summed E-state index contributed by atoms with van der Waals surface area (Å²) in [5.74, 6) is -1.03. The van der Waals surface area contributed by atoms with Crippen LogP contribution in [0.3, 0.4) is 0 Å². The number of hydrogen-bond donors (Lipinski definition) is 2. The summed E-state index contributed by atoms with van der Waals surface area (Å²) in [4.78, 5) is 26.5. The molecule has 3 rings (SSSR count). The number of anilines is 2. The Kier molecular flexibility index (Phi) is 5.36. The molecule has 1 aliphatic rings. The molecule has 7 nitrogen and oxygen atoms in total. The minimum atomic E-state index is -3.89. The van der Waals surface area contributed by atoms with E-state index in [9.17, 15) is 18.0 Å². The van der Waals surface area contributed by atoms with Crippen molar-refractivity contribution in [3.63, 3.8) is 0 Å². The van der Waals surface area contributed by atoms with Gasteiger partial charge in [-0.15, -0.1) is 0 Å². The maximum absolute atomic E-state index is 12.6. The number of nitrogens with one attached hydrogen (secondary N) is 1. The molecular formula is C18H18BrN3O4S. The van der Waals surface area contributed by atoms with Gasteiger partial charge in [-0.05, 0) is 52.7 Å². The maximum atomic E-state index is 12.6. The predicted molar refractivity (Wildman–Crippen MR) is 106 cm³/mol. The molecule has 9 heteroatoms. The van der Waals surface area contributed by atoms with Gasteiger partial charge in [-0.1, -0.05) is 18.2 Å². The molecule has 0 spiro atoms. The first kappa shape index (κ1) is 19.5. The summed E-state index contributed by atoms with van der Waals surface area (Å²) in [7, 11) is -3.89. The highest BCUT2D eigenvalue weighted by molar-refractivity contribution is 9.10. The zero-order valence-corrected chi connectivity index (χ0v) is 16.9. The fourth-order valence-corrected chi connectivity index (χ4v) is 4.32. The van der Waals surface area contributed by atoms with E-state index in [0.29, 0.717) is 16.9 Å². The molecule has 0 aromatic heterocycles. The Bertz CT molecular complexity index is 1020. The third-order valence-corrected chi connectivity index (χ3v) is 6.12. The molecule has 0 bridgehead atoms. The van der Waals surface area contributed by atoms with Crippen molar-refractivity contribution in [1.82, 2.24) is 0 Å². The van der Waals surface area contributed by atoms with Crippen molar-refractivity contribution in [3.05, 3.63) is 52.5 Å². The first-order valence-corrected chi connectivity index (χ1v) is 10.5. The molecule has 1 aliphatic heterocycles. The van der Waals surface area contributed by atoms with Crippen LogP contribution >= 0.6 is 15.9 Å². The number of nitrogens with two attached hydrogens (primary N) is 1. The highest BCUT2D eigenvalue weighted by atomic mass is 79.9. The normalized spacial score (nSPS) is 17.2. The molecule has 3 N–H and O–H groups in total. The minimum Gasteiger partial charge on any atom is -0.326 e. The van der Waals surface area contributed by atoms with Gasteiger partial charge in [0.05, 0.1) is 16.5 Å². The van der Waals surface area contributed by atoms with E-state index < -0.39 is 15.9 Å². The number of rotatable bonds is 4. The average molecular weight is 452 g/mol. The molecule has 142 valence electrons. The van der Waals surface area contributed by atoms with Crippen LogP contribution in [0.2, 0.25) is 0 Å². The summed E-state index contributed by atoms with van der Waals surface area (Å²) >= 11 is 3.41. The van der Waals surface area contributed by atoms with Gasteiger partial charge in [-0.25, -0.2) is 13.6 Å². The molecule has 1 saturated heterocycles. The molecule has 0 radical (unpaired) electrons. The summed E-state index contributed by atoms with van der Waals surface area (Å²) in [6, 6.07) is 11.8. The summed E-state index contributed by atoms with van der Waals surface area (Å²) in [6.45, 7) is 1.87. The first-order valence-electron chi connectivity index (χ1n) is 8.16. The van der Waals surface area contributed by atoms with Crippen LogP contribution in [0.1, 0.15) is 12.0 Å². The molecule has 1 atom stereocenters. The van der Waals surface area contributed by atoms with Crippen LogP contribution in [0.4, 0.5) is 11.4 Å². The van der Waals surface area contributed by atoms with Crippen LogP contribution in [-0.2, 0) is 19.6 Å². The Morgan fingerprint density at radius 2 is 1.96 bits per heavy atom. The van der Waals surface area contributed by atoms with Gasteiger partial charge in [0.1, 0.15) is 0 Å². The molecule has 2 aromatic rings. The second-order valence-corrected chi connectivity index (χ2v) is 8.76. The Labute approximate surface area is 165 Å². The summed E-state index contributed by atoms with van der Waals surface area (Å²) < 4.78 is 24.0. The fourth-order valence-electron chi connectivity index (χ4n) is 3.02. The van der Waals surface area contributed by atoms with Crippen molar-refractivity contribution in [2.24, 2.45) is 11.1 Å². The Morgan fingerprint density at radius 3 is 2.63 bits per heavy atom. The smallest absolute Gasteiger partial charge is 0.238 e. The number of primary sulfonamides is 1. The predicted octanol–water partition coefficient (Wildman–Crippen LogP) is 2.40. The number of aryl methyl sites for hydroxylation is 1. The topological polar surface area (TPSA) is 110 Å². The van der Waals surface area contributed by atoms with E-state index in [1.807, 2.05) is 18.2 Å². The molecule has 2 aromatic carbocycles. The number of para-hydroxylation sites is 1. The summed E-state index contributed by atoms with van der Waals surface area (Å²) in [5.41, 5.74) is 1.53. The van der Waals surface area contributed by atoms with Crippen LogP contribution in [-0.4, -0.2) is 26.8 Å². The zero-order valence-electron chi connectivity index (χ0n) is 14.5. The van der Waals surface area contributed by atoms with E-state index >= 15 is 0 Å². The van der Waals surface area contributed by atoms with Crippen molar-refractivity contribution >= 4 is 49.1 Å². The van der Waals surface area contributed by atoms with Crippen LogP contribution in [0.25, 0.3) is 0 Å². The number of halogens is 1. The third-order valence-electron chi connectivity index (χ3n) is 4.40. The van der Waals surface area contributed by atoms with Crippen molar-refractivity contribution in [3.8, 4) is 0 Å². The van der Waals surface area contributed by atoms with E-state index in [1.165, 1.54) is 6.07 Å². The first-order chi connectivity index (χ1) is 12.7. The summed E-state index contributed by atoms with van der Waals surface area (Å²) in [6.07, 6.45) is 0.0844. The number of carbonyl (C=O) groups excluding carboxylic acids is 2. The summed E-state index contributed by atoms with van der Waals surface area (Å²) in [5, 5.41) is 7.88. The van der Waals surface area contributed by atoms with Gasteiger partial charge in [0.15, 0.2) is 0 Å². The zero-order chi connectivity index (χ0) is 19.8. The van der Waals surface area contributed by atoms with E-state index in [0.717, 1.165) is 4.47 Å². The molecule has 0 aliphatic carbocycles. The number of hydrogen-bond acceptors (Lipinski definition) is 4. The molecule has 27 heavy (non-hydrogen) atoms. The van der Waals surface area contributed by atoms with E-state index in [2.05, 4.69) is 21.2 Å². The van der Waals surface area contributed by atoms with Gasteiger partial charge in [0.2, 0.25) is 21.8 Å². The number of sulfonamides is 1. The Morgan fingerprint density at radius 1 is 1.26 bits per heavy atom. The van der Waals surface area contributed by atoms with Gasteiger partial charge in [-0.2, -0.15) is 0 Å². The highest BCUT2D eigenvalue weighted by Crippen LogP contribution is 2.31. The Balaban J connectivity index is 1.76. The van der Waals surface area contributed by atoms with Crippen molar-refractivity contribution in [2.45, 2.75) is 18.2 Å². The molecule has 0 saturated carbocycles. The van der Waals surface area contributed by atoms with Crippen LogP contribution in [0.15, 0.2) is 51.8 Å². The van der Waals surface area contributed by atoms with Crippen molar-refractivity contribution < 1.29 is 18.0 Å². The van der Waals surface area contributed by atoms with Gasteiger partial charge in [-0.3, -0.25) is 9.59 Å². The highest BCUT2D eigenvalue weighted by Gasteiger charge is 2.35. The monoisotopic (exact) mass is 451 g/mol. The quantitative estimate of drug-likeness (QED) is 0.743. The lowest BCUT2D eigenvalue weighted by Crippen LogP contribution is -2.28. The van der Waals surface area contributed by atoms with Gasteiger partial charge >= 0.3 is 0 Å². The molecular weight excluding hydrogens is 434 g/mol.